The van der Waals surface area contributed by atoms with Crippen LogP contribution >= 0.6 is 11.8 Å². The smallest absolute Gasteiger partial charge is 0.230 e. The van der Waals surface area contributed by atoms with Gasteiger partial charge >= 0.3 is 0 Å². The number of amides is 1. The number of aromatic nitrogens is 4. The lowest BCUT2D eigenvalue weighted by atomic mass is 10.1. The molecule has 0 aliphatic rings. The van der Waals surface area contributed by atoms with Gasteiger partial charge in [-0.25, -0.2) is 8.78 Å². The minimum Gasteiger partial charge on any atom is -0.349 e. The number of halogens is 2. The summed E-state index contributed by atoms with van der Waals surface area (Å²) in [7, 11) is 0. The van der Waals surface area contributed by atoms with E-state index in [4.69, 9.17) is 0 Å². The van der Waals surface area contributed by atoms with Gasteiger partial charge in [0.15, 0.2) is 0 Å². The minimum atomic E-state index is -0.696. The van der Waals surface area contributed by atoms with E-state index in [1.54, 1.807) is 6.92 Å². The lowest BCUT2D eigenvalue weighted by Crippen LogP contribution is -2.28. The van der Waals surface area contributed by atoms with Crippen molar-refractivity contribution >= 4 is 17.7 Å². The zero-order valence-electron chi connectivity index (χ0n) is 13.8. The van der Waals surface area contributed by atoms with Crippen LogP contribution in [0.15, 0.2) is 53.7 Å². The number of benzene rings is 2. The van der Waals surface area contributed by atoms with E-state index in [1.807, 2.05) is 30.3 Å². The fraction of sp³-hybridized carbons (Fsp3) is 0.176. The molecule has 26 heavy (non-hydrogen) atoms. The van der Waals surface area contributed by atoms with Crippen LogP contribution in [-0.4, -0.2) is 31.9 Å². The van der Waals surface area contributed by atoms with Crippen LogP contribution in [0.5, 0.6) is 0 Å². The topological polar surface area (TPSA) is 72.7 Å². The molecular weight excluding hydrogens is 360 g/mol. The molecule has 3 rings (SSSR count). The lowest BCUT2D eigenvalue weighted by Gasteiger charge is -2.15. The first-order valence-electron chi connectivity index (χ1n) is 7.75. The van der Waals surface area contributed by atoms with Crippen LogP contribution in [-0.2, 0) is 4.79 Å². The normalized spacial score (nSPS) is 12.0. The summed E-state index contributed by atoms with van der Waals surface area (Å²) >= 11 is 1.16. The van der Waals surface area contributed by atoms with Gasteiger partial charge in [0.2, 0.25) is 11.1 Å². The minimum absolute atomic E-state index is 0.0559. The molecule has 3 aromatic rings. The van der Waals surface area contributed by atoms with Crippen LogP contribution < -0.4 is 5.32 Å². The monoisotopic (exact) mass is 375 g/mol. The van der Waals surface area contributed by atoms with E-state index >= 15 is 0 Å². The number of hydrogen-bond acceptors (Lipinski definition) is 5. The first kappa shape index (κ1) is 18.0. The summed E-state index contributed by atoms with van der Waals surface area (Å²) in [6.07, 6.45) is 0. The molecule has 9 heteroatoms. The Morgan fingerprint density at radius 2 is 2.00 bits per heavy atom. The van der Waals surface area contributed by atoms with Crippen molar-refractivity contribution in [1.29, 1.82) is 0 Å². The SMILES string of the molecule is CC(NC(=O)CSc1nnnn1-c1ccccc1)c1ccc(F)cc1F. The fourth-order valence-electron chi connectivity index (χ4n) is 2.34. The maximum Gasteiger partial charge on any atom is 0.230 e. The van der Waals surface area contributed by atoms with Gasteiger partial charge in [0, 0.05) is 11.6 Å². The number of rotatable bonds is 6. The van der Waals surface area contributed by atoms with Crippen molar-refractivity contribution in [2.24, 2.45) is 0 Å². The maximum absolute atomic E-state index is 13.8. The molecular formula is C17H15F2N5OS. The van der Waals surface area contributed by atoms with E-state index in [1.165, 1.54) is 10.7 Å². The summed E-state index contributed by atoms with van der Waals surface area (Å²) in [5.41, 5.74) is 1.00. The van der Waals surface area contributed by atoms with Crippen molar-refractivity contribution in [2.45, 2.75) is 18.1 Å². The number of tetrazole rings is 1. The molecule has 1 heterocycles. The zero-order valence-corrected chi connectivity index (χ0v) is 14.6. The third kappa shape index (κ3) is 4.23. The Kier molecular flexibility index (Phi) is 5.57. The van der Waals surface area contributed by atoms with E-state index in [-0.39, 0.29) is 17.2 Å². The Hall–Kier alpha value is -2.81. The van der Waals surface area contributed by atoms with Crippen LogP contribution in [0.1, 0.15) is 18.5 Å². The standard InChI is InChI=1S/C17H15F2N5OS/c1-11(14-8-7-12(18)9-15(14)19)20-16(25)10-26-17-21-22-23-24(17)13-5-3-2-4-6-13/h2-9,11H,10H2,1H3,(H,20,25). The number of thioether (sulfide) groups is 1. The summed E-state index contributed by atoms with van der Waals surface area (Å²) in [6, 6.07) is 12.0. The van der Waals surface area contributed by atoms with Crippen molar-refractivity contribution in [3.8, 4) is 5.69 Å². The van der Waals surface area contributed by atoms with Crippen LogP contribution in [0.25, 0.3) is 5.69 Å². The highest BCUT2D eigenvalue weighted by Gasteiger charge is 2.16. The highest BCUT2D eigenvalue weighted by molar-refractivity contribution is 7.99. The highest BCUT2D eigenvalue weighted by atomic mass is 32.2. The van der Waals surface area contributed by atoms with Crippen LogP contribution in [0.3, 0.4) is 0 Å². The van der Waals surface area contributed by atoms with E-state index in [2.05, 4.69) is 20.8 Å². The van der Waals surface area contributed by atoms with Crippen LogP contribution in [0.2, 0.25) is 0 Å². The average Bonchev–Trinajstić information content (AvgIpc) is 3.09. The fourth-order valence-corrected chi connectivity index (χ4v) is 3.05. The van der Waals surface area contributed by atoms with Crippen LogP contribution in [0, 0.1) is 11.6 Å². The van der Waals surface area contributed by atoms with Gasteiger partial charge in [-0.15, -0.1) is 5.10 Å². The van der Waals surface area contributed by atoms with Gasteiger partial charge in [-0.3, -0.25) is 4.79 Å². The quantitative estimate of drug-likeness (QED) is 0.671. The van der Waals surface area contributed by atoms with E-state index in [0.29, 0.717) is 5.16 Å². The van der Waals surface area contributed by atoms with Gasteiger partial charge in [0.05, 0.1) is 17.5 Å². The molecule has 134 valence electrons. The second-order valence-corrected chi connectivity index (χ2v) is 6.40. The summed E-state index contributed by atoms with van der Waals surface area (Å²) < 4.78 is 28.3. The molecule has 0 spiro atoms. The molecule has 0 bridgehead atoms. The first-order chi connectivity index (χ1) is 12.5. The maximum atomic E-state index is 13.8. The Morgan fingerprint density at radius 3 is 2.73 bits per heavy atom. The predicted molar refractivity (Wildman–Crippen MR) is 92.8 cm³/mol. The van der Waals surface area contributed by atoms with Gasteiger partial charge in [0.25, 0.3) is 0 Å². The third-order valence-corrected chi connectivity index (χ3v) is 4.50. The molecule has 2 aromatic carbocycles. The molecule has 1 unspecified atom stereocenters. The third-order valence-electron chi connectivity index (χ3n) is 3.58. The van der Waals surface area contributed by atoms with Gasteiger partial charge in [-0.1, -0.05) is 36.0 Å². The van der Waals surface area contributed by atoms with E-state index in [9.17, 15) is 13.6 Å². The average molecular weight is 375 g/mol. The lowest BCUT2D eigenvalue weighted by molar-refractivity contribution is -0.119. The molecule has 1 N–H and O–H groups in total. The van der Waals surface area contributed by atoms with Crippen molar-refractivity contribution in [2.75, 3.05) is 5.75 Å². The molecule has 0 saturated carbocycles. The Labute approximate surface area is 152 Å². The highest BCUT2D eigenvalue weighted by Crippen LogP contribution is 2.20. The summed E-state index contributed by atoms with van der Waals surface area (Å²) in [4.78, 5) is 12.1. The molecule has 0 aliphatic heterocycles. The number of para-hydroxylation sites is 1. The Balaban J connectivity index is 1.61. The van der Waals surface area contributed by atoms with Crippen molar-refractivity contribution in [3.63, 3.8) is 0 Å². The van der Waals surface area contributed by atoms with E-state index in [0.717, 1.165) is 29.6 Å². The number of nitrogens with zero attached hydrogens (tertiary/aromatic N) is 4. The van der Waals surface area contributed by atoms with Crippen molar-refractivity contribution < 1.29 is 13.6 Å². The molecule has 1 atom stereocenters. The largest absolute Gasteiger partial charge is 0.349 e. The predicted octanol–water partition coefficient (Wildman–Crippen LogP) is 2.91. The molecule has 0 radical (unpaired) electrons. The van der Waals surface area contributed by atoms with Gasteiger partial charge in [-0.05, 0) is 35.5 Å². The van der Waals surface area contributed by atoms with Gasteiger partial charge < -0.3 is 5.32 Å². The Morgan fingerprint density at radius 1 is 1.23 bits per heavy atom. The molecule has 1 aromatic heterocycles. The summed E-state index contributed by atoms with van der Waals surface area (Å²) in [5.74, 6) is -1.61. The number of carbonyl (C=O) groups excluding carboxylic acids is 1. The Bertz CT molecular complexity index is 903. The molecule has 6 nitrogen and oxygen atoms in total. The molecule has 0 aliphatic carbocycles. The second-order valence-electron chi connectivity index (χ2n) is 5.45. The van der Waals surface area contributed by atoms with Gasteiger partial charge in [-0.2, -0.15) is 4.68 Å². The van der Waals surface area contributed by atoms with Crippen LogP contribution in [0.4, 0.5) is 8.78 Å². The number of nitrogens with one attached hydrogen (secondary N) is 1. The molecule has 0 saturated heterocycles. The van der Waals surface area contributed by atoms with E-state index < -0.39 is 17.7 Å². The van der Waals surface area contributed by atoms with Crippen molar-refractivity contribution in [3.05, 3.63) is 65.7 Å². The first-order valence-corrected chi connectivity index (χ1v) is 8.74. The van der Waals surface area contributed by atoms with Crippen molar-refractivity contribution in [1.82, 2.24) is 25.5 Å². The second kappa shape index (κ2) is 8.05. The zero-order chi connectivity index (χ0) is 18.5. The summed E-state index contributed by atoms with van der Waals surface area (Å²) in [6.45, 7) is 1.63. The molecule has 1 amide bonds. The summed E-state index contributed by atoms with van der Waals surface area (Å²) in [5, 5.41) is 14.6. The van der Waals surface area contributed by atoms with Gasteiger partial charge in [0.1, 0.15) is 11.6 Å². The number of carbonyl (C=O) groups is 1. The number of hydrogen-bond donors (Lipinski definition) is 1. The molecule has 0 fully saturated rings.